The van der Waals surface area contributed by atoms with E-state index >= 15 is 0 Å². The van der Waals surface area contributed by atoms with Gasteiger partial charge in [0.05, 0.1) is 5.56 Å². The number of carbonyl (C=O) groups is 2. The predicted molar refractivity (Wildman–Crippen MR) is 135 cm³/mol. The maximum absolute atomic E-state index is 12.8. The number of carboxylic acids is 1. The van der Waals surface area contributed by atoms with E-state index in [0.29, 0.717) is 20.0 Å². The summed E-state index contributed by atoms with van der Waals surface area (Å²) in [5, 5.41) is 15.3. The fourth-order valence-corrected chi connectivity index (χ4v) is 6.23. The van der Waals surface area contributed by atoms with E-state index in [0.717, 1.165) is 26.3 Å². The molecule has 0 atom stereocenters. The molecule has 0 aliphatic rings. The van der Waals surface area contributed by atoms with Gasteiger partial charge in [-0.2, -0.15) is 0 Å². The number of rotatable bonds is 10. The molecule has 3 rings (SSSR count). The second kappa shape index (κ2) is 11.8. The molecule has 0 aliphatic carbocycles. The van der Waals surface area contributed by atoms with Gasteiger partial charge in [-0.3, -0.25) is 0 Å². The number of halogens is 1. The number of amides is 1. The van der Waals surface area contributed by atoms with E-state index < -0.39 is 5.97 Å². The summed E-state index contributed by atoms with van der Waals surface area (Å²) in [5.74, 6) is -1.13. The molecule has 9 heteroatoms. The Morgan fingerprint density at radius 3 is 2.62 bits per heavy atom. The quantitative estimate of drug-likeness (QED) is 0.273. The Kier molecular flexibility index (Phi) is 9.08. The predicted octanol–water partition coefficient (Wildman–Crippen LogP) is 5.01. The molecule has 5 nitrogen and oxygen atoms in total. The van der Waals surface area contributed by atoms with Crippen LogP contribution in [0.5, 0.6) is 0 Å². The summed E-state index contributed by atoms with van der Waals surface area (Å²) in [5.41, 5.74) is 2.02. The Balaban J connectivity index is 1.73. The van der Waals surface area contributed by atoms with E-state index in [1.807, 2.05) is 29.4 Å². The summed E-state index contributed by atoms with van der Waals surface area (Å²) in [7, 11) is 0. The van der Waals surface area contributed by atoms with Gasteiger partial charge < -0.3 is 5.11 Å². The Hall–Kier alpha value is -1.96. The second-order valence-electron chi connectivity index (χ2n) is 6.80. The summed E-state index contributed by atoms with van der Waals surface area (Å²) >= 11 is 9.63. The molecule has 168 valence electrons. The number of carbonyl (C=O) groups excluding carboxylic acids is 1. The van der Waals surface area contributed by atoms with Crippen molar-refractivity contribution in [1.29, 1.82) is 0 Å². The van der Waals surface area contributed by atoms with Crippen LogP contribution in [0.4, 0.5) is 5.69 Å². The van der Waals surface area contributed by atoms with E-state index in [4.69, 9.17) is 16.7 Å². The number of thiophene rings is 1. The SMILES string of the molecule is CC[Se]c1ccc(SN(CC(=O)NCc2cc(C(=O)O)cs2)c2cccc(Cl)c2C)cc1. The van der Waals surface area contributed by atoms with Crippen molar-refractivity contribution in [3.8, 4) is 0 Å². The van der Waals surface area contributed by atoms with Crippen molar-refractivity contribution >= 4 is 71.9 Å². The van der Waals surface area contributed by atoms with Crippen molar-refractivity contribution in [2.24, 2.45) is 0 Å². The van der Waals surface area contributed by atoms with E-state index in [1.165, 1.54) is 27.7 Å². The summed E-state index contributed by atoms with van der Waals surface area (Å²) < 4.78 is 3.29. The molecular weight excluding hydrogens is 531 g/mol. The number of carboxylic acid groups (broad SMARTS) is 1. The molecule has 0 bridgehead atoms. The zero-order valence-electron chi connectivity index (χ0n) is 17.6. The molecule has 1 aromatic heterocycles. The Bertz CT molecular complexity index is 1090. The normalized spacial score (nSPS) is 10.7. The molecule has 0 spiro atoms. The number of benzene rings is 2. The number of anilines is 1. The van der Waals surface area contributed by atoms with Crippen LogP contribution in [0.3, 0.4) is 0 Å². The molecule has 0 aliphatic heterocycles. The van der Waals surface area contributed by atoms with Gasteiger partial charge in [-0.05, 0) is 0 Å². The van der Waals surface area contributed by atoms with Crippen LogP contribution in [0.2, 0.25) is 10.3 Å². The van der Waals surface area contributed by atoms with Crippen LogP contribution < -0.4 is 14.1 Å². The van der Waals surface area contributed by atoms with Gasteiger partial charge in [-0.1, -0.05) is 0 Å². The van der Waals surface area contributed by atoms with Crippen molar-refractivity contribution < 1.29 is 14.7 Å². The fraction of sp³-hybridized carbons (Fsp3) is 0.217. The first-order valence-electron chi connectivity index (χ1n) is 9.88. The van der Waals surface area contributed by atoms with Crippen LogP contribution in [0.15, 0.2) is 58.8 Å². The van der Waals surface area contributed by atoms with Gasteiger partial charge >= 0.3 is 187 Å². The van der Waals surface area contributed by atoms with Crippen LogP contribution in [0.25, 0.3) is 0 Å². The number of nitrogens with zero attached hydrogens (tertiary/aromatic N) is 1. The zero-order chi connectivity index (χ0) is 23.1. The molecule has 0 saturated carbocycles. The molecule has 0 unspecified atom stereocenters. The topological polar surface area (TPSA) is 69.6 Å². The first-order chi connectivity index (χ1) is 15.4. The second-order valence-corrected chi connectivity index (χ2v) is 12.1. The number of aromatic carboxylic acids is 1. The van der Waals surface area contributed by atoms with Gasteiger partial charge in [0.25, 0.3) is 0 Å². The van der Waals surface area contributed by atoms with Crippen molar-refractivity contribution in [3.05, 3.63) is 74.9 Å². The summed E-state index contributed by atoms with van der Waals surface area (Å²) in [4.78, 5) is 25.6. The Labute approximate surface area is 207 Å². The molecule has 0 radical (unpaired) electrons. The van der Waals surface area contributed by atoms with Crippen molar-refractivity contribution in [2.75, 3.05) is 10.8 Å². The number of hydrogen-bond donors (Lipinski definition) is 2. The van der Waals surface area contributed by atoms with Gasteiger partial charge in [0, 0.05) is 5.38 Å². The van der Waals surface area contributed by atoms with Gasteiger partial charge in [0.1, 0.15) is 0 Å². The minimum absolute atomic E-state index is 0.129. The van der Waals surface area contributed by atoms with Crippen molar-refractivity contribution in [3.63, 3.8) is 0 Å². The Morgan fingerprint density at radius 2 is 1.97 bits per heavy atom. The molecule has 0 fully saturated rings. The molecule has 3 aromatic rings. The van der Waals surface area contributed by atoms with Gasteiger partial charge in [0.2, 0.25) is 0 Å². The van der Waals surface area contributed by atoms with Crippen LogP contribution in [-0.4, -0.2) is 38.5 Å². The fourth-order valence-electron chi connectivity index (χ4n) is 2.88. The minimum atomic E-state index is -0.969. The Morgan fingerprint density at radius 1 is 1.22 bits per heavy atom. The molecule has 2 N–H and O–H groups in total. The van der Waals surface area contributed by atoms with E-state index in [1.54, 1.807) is 11.4 Å². The van der Waals surface area contributed by atoms with Gasteiger partial charge in [-0.15, -0.1) is 0 Å². The first-order valence-corrected chi connectivity index (χ1v) is 14.0. The molecule has 1 heterocycles. The average molecular weight is 554 g/mol. The average Bonchev–Trinajstić information content (AvgIpc) is 3.25. The third-order valence-corrected chi connectivity index (χ3v) is 8.76. The van der Waals surface area contributed by atoms with Crippen molar-refractivity contribution in [1.82, 2.24) is 5.32 Å². The summed E-state index contributed by atoms with van der Waals surface area (Å²) in [6, 6.07) is 15.7. The van der Waals surface area contributed by atoms with Crippen LogP contribution in [-0.2, 0) is 11.3 Å². The maximum atomic E-state index is 12.8. The van der Waals surface area contributed by atoms with Gasteiger partial charge in [0.15, 0.2) is 0 Å². The molecule has 0 saturated heterocycles. The first kappa shape index (κ1) is 24.7. The van der Waals surface area contributed by atoms with Crippen LogP contribution >= 0.6 is 34.9 Å². The standard InChI is InChI=1S/C23H23ClN2O3S2Se/c1-3-32-19-9-7-17(8-10-19)31-26(21-6-4-5-20(24)15(21)2)13-22(27)25-12-18-11-16(14-30-18)23(28)29/h4-11,14H,3,12-13H2,1-2H3,(H,25,27)(H,28,29). The third-order valence-electron chi connectivity index (χ3n) is 4.51. The summed E-state index contributed by atoms with van der Waals surface area (Å²) in [6.45, 7) is 4.54. The van der Waals surface area contributed by atoms with E-state index in [2.05, 4.69) is 36.5 Å². The van der Waals surface area contributed by atoms with Crippen LogP contribution in [0, 0.1) is 6.92 Å². The van der Waals surface area contributed by atoms with E-state index in [9.17, 15) is 9.59 Å². The van der Waals surface area contributed by atoms with E-state index in [-0.39, 0.29) is 24.6 Å². The number of nitrogens with one attached hydrogen (secondary N) is 1. The number of hydrogen-bond acceptors (Lipinski definition) is 5. The molecular formula is C23H23ClN2O3S2Se. The zero-order valence-corrected chi connectivity index (χ0v) is 21.7. The molecule has 1 amide bonds. The third kappa shape index (κ3) is 6.77. The van der Waals surface area contributed by atoms with Gasteiger partial charge in [-0.25, -0.2) is 4.79 Å². The van der Waals surface area contributed by atoms with Crippen molar-refractivity contribution in [2.45, 2.75) is 30.6 Å². The monoisotopic (exact) mass is 554 g/mol. The molecule has 2 aromatic carbocycles. The molecule has 32 heavy (non-hydrogen) atoms. The van der Waals surface area contributed by atoms with Crippen LogP contribution in [0.1, 0.15) is 27.7 Å². The summed E-state index contributed by atoms with van der Waals surface area (Å²) in [6.07, 6.45) is 0.